The van der Waals surface area contributed by atoms with Crippen LogP contribution in [0.5, 0.6) is 5.75 Å². The molecular weight excluding hydrogens is 624 g/mol. The van der Waals surface area contributed by atoms with Crippen LogP contribution in [0.1, 0.15) is 65.7 Å². The molecule has 0 saturated heterocycles. The number of carbonyl (C=O) groups excluding carboxylic acids is 1. The van der Waals surface area contributed by atoms with Gasteiger partial charge < -0.3 is 9.47 Å². The Kier molecular flexibility index (Phi) is 9.43. The zero-order chi connectivity index (χ0) is 32.4. The van der Waals surface area contributed by atoms with E-state index < -0.39 is 35.5 Å². The molecule has 4 aromatic rings. The van der Waals surface area contributed by atoms with Crippen molar-refractivity contribution in [3.63, 3.8) is 0 Å². The van der Waals surface area contributed by atoms with Crippen LogP contribution in [0.2, 0.25) is 5.02 Å². The maximum absolute atomic E-state index is 14.0. The number of ether oxygens (including phenoxy) is 2. The molecule has 0 spiro atoms. The Hall–Kier alpha value is -4.06. The van der Waals surface area contributed by atoms with Crippen molar-refractivity contribution in [2.75, 3.05) is 6.61 Å². The lowest BCUT2D eigenvalue weighted by Gasteiger charge is -2.30. The van der Waals surface area contributed by atoms with Crippen molar-refractivity contribution in [3.05, 3.63) is 94.3 Å². The number of hydrogen-bond acceptors (Lipinski definition) is 5. The third-order valence-corrected chi connectivity index (χ3v) is 7.97. The Morgan fingerprint density at radius 3 is 2.33 bits per heavy atom. The molecule has 1 aliphatic rings. The second-order valence-corrected chi connectivity index (χ2v) is 11.1. The van der Waals surface area contributed by atoms with Crippen molar-refractivity contribution in [2.45, 2.75) is 57.5 Å². The fraction of sp³-hybridized carbons (Fsp3) is 0.344. The maximum Gasteiger partial charge on any atom is 0.434 e. The number of rotatable bonds is 8. The number of esters is 1. The molecule has 0 bridgehead atoms. The van der Waals surface area contributed by atoms with Crippen LogP contribution >= 0.6 is 11.6 Å². The molecule has 2 aromatic carbocycles. The van der Waals surface area contributed by atoms with Crippen molar-refractivity contribution >= 4 is 17.6 Å². The zero-order valence-electron chi connectivity index (χ0n) is 24.0. The molecule has 238 valence electrons. The first-order chi connectivity index (χ1) is 21.3. The van der Waals surface area contributed by atoms with Crippen LogP contribution in [0, 0.1) is 5.92 Å². The summed E-state index contributed by atoms with van der Waals surface area (Å²) < 4.78 is 92.6. The minimum atomic E-state index is -4.93. The molecule has 5 rings (SSSR count). The minimum Gasteiger partial charge on any atom is -0.488 e. The molecule has 2 aromatic heterocycles. The molecular formula is C32H28ClF6N3O3. The fourth-order valence-electron chi connectivity index (χ4n) is 5.47. The smallest absolute Gasteiger partial charge is 0.434 e. The van der Waals surface area contributed by atoms with Gasteiger partial charge in [-0.25, -0.2) is 14.5 Å². The van der Waals surface area contributed by atoms with Gasteiger partial charge in [-0.2, -0.15) is 31.4 Å². The number of hydrogen-bond donors (Lipinski definition) is 0. The number of aromatic nitrogens is 3. The predicted octanol–water partition coefficient (Wildman–Crippen LogP) is 9.20. The van der Waals surface area contributed by atoms with Gasteiger partial charge in [0, 0.05) is 10.6 Å². The first-order valence-electron chi connectivity index (χ1n) is 14.2. The highest BCUT2D eigenvalue weighted by Crippen LogP contribution is 2.43. The van der Waals surface area contributed by atoms with Crippen molar-refractivity contribution in [2.24, 2.45) is 5.92 Å². The normalized spacial score (nSPS) is 17.2. The van der Waals surface area contributed by atoms with Crippen LogP contribution in [0.3, 0.4) is 0 Å². The van der Waals surface area contributed by atoms with E-state index in [0.29, 0.717) is 33.9 Å². The van der Waals surface area contributed by atoms with Gasteiger partial charge in [-0.15, -0.1) is 0 Å². The van der Waals surface area contributed by atoms with Gasteiger partial charge in [0.25, 0.3) is 0 Å². The van der Waals surface area contributed by atoms with Gasteiger partial charge in [-0.05, 0) is 80.0 Å². The molecule has 0 atom stereocenters. The quantitative estimate of drug-likeness (QED) is 0.140. The van der Waals surface area contributed by atoms with E-state index in [-0.39, 0.29) is 43.5 Å². The Morgan fingerprint density at radius 2 is 1.69 bits per heavy atom. The summed E-state index contributed by atoms with van der Waals surface area (Å²) in [4.78, 5) is 16.6. The topological polar surface area (TPSA) is 66.2 Å². The fourth-order valence-corrected chi connectivity index (χ4v) is 5.65. The van der Waals surface area contributed by atoms with Gasteiger partial charge in [0.05, 0.1) is 24.4 Å². The second-order valence-electron chi connectivity index (χ2n) is 10.7. The minimum absolute atomic E-state index is 0.0702. The van der Waals surface area contributed by atoms with E-state index in [4.69, 9.17) is 21.1 Å². The molecule has 6 nitrogen and oxygen atoms in total. The summed E-state index contributed by atoms with van der Waals surface area (Å²) in [5.74, 6) is -2.15. The van der Waals surface area contributed by atoms with Crippen molar-refractivity contribution in [1.29, 1.82) is 0 Å². The predicted molar refractivity (Wildman–Crippen MR) is 154 cm³/mol. The lowest BCUT2D eigenvalue weighted by atomic mass is 9.78. The van der Waals surface area contributed by atoms with Crippen LogP contribution in [0.25, 0.3) is 17.1 Å². The van der Waals surface area contributed by atoms with E-state index in [0.717, 1.165) is 17.3 Å². The molecule has 0 N–H and O–H groups in total. The largest absolute Gasteiger partial charge is 0.488 e. The number of carbonyl (C=O) groups is 1. The van der Waals surface area contributed by atoms with E-state index in [1.807, 2.05) is 24.3 Å². The Labute approximate surface area is 259 Å². The number of pyridine rings is 1. The van der Waals surface area contributed by atoms with E-state index in [1.165, 1.54) is 19.1 Å². The molecule has 1 aliphatic carbocycles. The summed E-state index contributed by atoms with van der Waals surface area (Å²) in [7, 11) is 0. The SMILES string of the molecule is CCOC(=O)c1cnn(-c2cccc(-c3cc(Cl)ccc3OCc3ccc(C4CCC(C(F)(F)F)CC4)cc3)n2)c1C(F)(F)F. The summed E-state index contributed by atoms with van der Waals surface area (Å²) in [6.07, 6.45) is -7.08. The third kappa shape index (κ3) is 7.43. The summed E-state index contributed by atoms with van der Waals surface area (Å²) in [6.45, 7) is 1.51. The molecule has 2 heterocycles. The zero-order valence-corrected chi connectivity index (χ0v) is 24.7. The number of nitrogens with zero attached hydrogens (tertiary/aromatic N) is 3. The van der Waals surface area contributed by atoms with Crippen molar-refractivity contribution in [3.8, 4) is 22.8 Å². The molecule has 13 heteroatoms. The van der Waals surface area contributed by atoms with Gasteiger partial charge in [0.1, 0.15) is 17.9 Å². The molecule has 0 aliphatic heterocycles. The Balaban J connectivity index is 1.35. The van der Waals surface area contributed by atoms with E-state index >= 15 is 0 Å². The summed E-state index contributed by atoms with van der Waals surface area (Å²) in [5.41, 5.74) is 0.400. The van der Waals surface area contributed by atoms with Crippen molar-refractivity contribution < 1.29 is 40.6 Å². The van der Waals surface area contributed by atoms with Gasteiger partial charge >= 0.3 is 18.3 Å². The number of benzene rings is 2. The molecule has 0 unspecified atom stereocenters. The molecule has 1 saturated carbocycles. The molecule has 45 heavy (non-hydrogen) atoms. The highest BCUT2D eigenvalue weighted by molar-refractivity contribution is 6.31. The maximum atomic E-state index is 14.0. The summed E-state index contributed by atoms with van der Waals surface area (Å²) in [6, 6.07) is 16.7. The highest BCUT2D eigenvalue weighted by Gasteiger charge is 2.42. The van der Waals surface area contributed by atoms with E-state index in [9.17, 15) is 31.1 Å². The van der Waals surface area contributed by atoms with Gasteiger partial charge in [0.2, 0.25) is 0 Å². The highest BCUT2D eigenvalue weighted by atomic mass is 35.5. The van der Waals surface area contributed by atoms with Crippen LogP contribution in [-0.2, 0) is 17.5 Å². The van der Waals surface area contributed by atoms with Gasteiger partial charge in [-0.1, -0.05) is 41.9 Å². The Bertz CT molecular complexity index is 1650. The third-order valence-electron chi connectivity index (χ3n) is 7.74. The lowest BCUT2D eigenvalue weighted by molar-refractivity contribution is -0.182. The summed E-state index contributed by atoms with van der Waals surface area (Å²) >= 11 is 6.26. The second kappa shape index (κ2) is 13.1. The van der Waals surface area contributed by atoms with E-state index in [1.54, 1.807) is 24.3 Å². The van der Waals surface area contributed by atoms with E-state index in [2.05, 4.69) is 10.1 Å². The summed E-state index contributed by atoms with van der Waals surface area (Å²) in [5, 5.41) is 4.13. The van der Waals surface area contributed by atoms with Crippen LogP contribution < -0.4 is 4.74 Å². The molecule has 1 fully saturated rings. The standard InChI is InChI=1S/C32H28ClF6N3O3/c1-2-44-30(43)25-17-40-42(29(25)32(37,38)39)28-5-3-4-26(41-28)24-16-23(33)14-15-27(24)45-18-19-6-8-20(9-7-19)21-10-12-22(13-11-21)31(34,35)36/h3-9,14-17,21-22H,2,10-13,18H2,1H3. The average Bonchev–Trinajstić information content (AvgIpc) is 3.47. The van der Waals surface area contributed by atoms with Gasteiger partial charge in [0.15, 0.2) is 11.5 Å². The first kappa shape index (κ1) is 32.3. The molecule has 0 amide bonds. The number of halogens is 7. The monoisotopic (exact) mass is 651 g/mol. The molecule has 0 radical (unpaired) electrons. The van der Waals surface area contributed by atoms with Crippen LogP contribution in [0.15, 0.2) is 66.9 Å². The Morgan fingerprint density at radius 1 is 0.978 bits per heavy atom. The average molecular weight is 652 g/mol. The van der Waals surface area contributed by atoms with Gasteiger partial charge in [-0.3, -0.25) is 0 Å². The number of alkyl halides is 6. The van der Waals surface area contributed by atoms with Crippen molar-refractivity contribution in [1.82, 2.24) is 14.8 Å². The van der Waals surface area contributed by atoms with Crippen LogP contribution in [-0.4, -0.2) is 33.5 Å². The first-order valence-corrected chi connectivity index (χ1v) is 14.6. The lowest BCUT2D eigenvalue weighted by Crippen LogP contribution is -2.27. The van der Waals surface area contributed by atoms with Crippen LogP contribution in [0.4, 0.5) is 26.3 Å².